The van der Waals surface area contributed by atoms with E-state index in [0.29, 0.717) is 37.9 Å². The molecule has 1 N–H and O–H groups in total. The number of ether oxygens (including phenoxy) is 1. The van der Waals surface area contributed by atoms with Gasteiger partial charge in [0.25, 0.3) is 5.22 Å². The number of morpholine rings is 1. The quantitative estimate of drug-likeness (QED) is 0.512. The highest BCUT2D eigenvalue weighted by Crippen LogP contribution is 2.27. The maximum Gasteiger partial charge on any atom is 0.277 e. The van der Waals surface area contributed by atoms with Gasteiger partial charge in [-0.15, -0.1) is 10.2 Å². The number of anilines is 1. The molecule has 0 saturated carbocycles. The SMILES string of the molecule is CC(Sc1nnc(-c2ccncc2)o1)C(=O)Nc1ccc(S(=O)(=O)N2CCOCC2)cc1. The van der Waals surface area contributed by atoms with Crippen molar-refractivity contribution in [2.24, 2.45) is 0 Å². The molecule has 0 radical (unpaired) electrons. The van der Waals surface area contributed by atoms with Crippen molar-refractivity contribution in [1.82, 2.24) is 19.5 Å². The van der Waals surface area contributed by atoms with Gasteiger partial charge >= 0.3 is 0 Å². The first kappa shape index (κ1) is 22.4. The molecule has 1 aliphatic rings. The average molecular weight is 476 g/mol. The Morgan fingerprint density at radius 2 is 1.78 bits per heavy atom. The number of pyridine rings is 1. The molecule has 4 rings (SSSR count). The number of sulfonamides is 1. The number of carbonyl (C=O) groups is 1. The lowest BCUT2D eigenvalue weighted by Gasteiger charge is -2.26. The summed E-state index contributed by atoms with van der Waals surface area (Å²) in [6, 6.07) is 9.60. The molecule has 1 amide bonds. The number of hydrogen-bond donors (Lipinski definition) is 1. The minimum atomic E-state index is -3.58. The van der Waals surface area contributed by atoms with Crippen LogP contribution in [0.5, 0.6) is 0 Å². The number of thioether (sulfide) groups is 1. The molecular formula is C20H21N5O5S2. The van der Waals surface area contributed by atoms with Crippen LogP contribution in [0.2, 0.25) is 0 Å². The van der Waals surface area contributed by atoms with E-state index in [4.69, 9.17) is 9.15 Å². The van der Waals surface area contributed by atoms with Crippen molar-refractivity contribution in [3.63, 3.8) is 0 Å². The van der Waals surface area contributed by atoms with Crippen LogP contribution in [-0.2, 0) is 19.6 Å². The van der Waals surface area contributed by atoms with Crippen LogP contribution in [0.15, 0.2) is 63.3 Å². The van der Waals surface area contributed by atoms with Crippen molar-refractivity contribution in [2.45, 2.75) is 22.3 Å². The lowest BCUT2D eigenvalue weighted by atomic mass is 10.3. The summed E-state index contributed by atoms with van der Waals surface area (Å²) < 4.78 is 37.6. The van der Waals surface area contributed by atoms with E-state index in [1.165, 1.54) is 16.4 Å². The van der Waals surface area contributed by atoms with Crippen LogP contribution in [0.3, 0.4) is 0 Å². The van der Waals surface area contributed by atoms with Gasteiger partial charge in [0.1, 0.15) is 0 Å². The molecule has 3 aromatic rings. The van der Waals surface area contributed by atoms with Gasteiger partial charge in [0.05, 0.1) is 23.4 Å². The number of aromatic nitrogens is 3. The van der Waals surface area contributed by atoms with Crippen LogP contribution in [0.1, 0.15) is 6.92 Å². The van der Waals surface area contributed by atoms with Crippen LogP contribution in [0.4, 0.5) is 5.69 Å². The Balaban J connectivity index is 1.36. The van der Waals surface area contributed by atoms with Crippen molar-refractivity contribution in [3.05, 3.63) is 48.8 Å². The van der Waals surface area contributed by atoms with Crippen LogP contribution >= 0.6 is 11.8 Å². The van der Waals surface area contributed by atoms with Crippen LogP contribution in [0.25, 0.3) is 11.5 Å². The number of amides is 1. The summed E-state index contributed by atoms with van der Waals surface area (Å²) in [5.74, 6) is 0.0713. The van der Waals surface area contributed by atoms with Crippen molar-refractivity contribution >= 4 is 33.4 Å². The molecule has 1 aromatic carbocycles. The predicted octanol–water partition coefficient (Wildman–Crippen LogP) is 2.27. The van der Waals surface area contributed by atoms with Gasteiger partial charge < -0.3 is 14.5 Å². The summed E-state index contributed by atoms with van der Waals surface area (Å²) in [4.78, 5) is 16.7. The number of benzene rings is 1. The molecule has 1 saturated heterocycles. The van der Waals surface area contributed by atoms with Crippen molar-refractivity contribution in [1.29, 1.82) is 0 Å². The molecule has 1 unspecified atom stereocenters. The molecule has 12 heteroatoms. The van der Waals surface area contributed by atoms with Gasteiger partial charge in [0.2, 0.25) is 21.8 Å². The molecule has 2 aromatic heterocycles. The molecule has 1 aliphatic heterocycles. The summed E-state index contributed by atoms with van der Waals surface area (Å²) in [5.41, 5.74) is 1.23. The summed E-state index contributed by atoms with van der Waals surface area (Å²) in [6.45, 7) is 3.13. The second kappa shape index (κ2) is 9.77. The Bertz CT molecular complexity index is 1160. The second-order valence-corrected chi connectivity index (χ2v) is 10.1. The molecule has 3 heterocycles. The summed E-state index contributed by atoms with van der Waals surface area (Å²) in [7, 11) is -3.58. The van der Waals surface area contributed by atoms with Crippen molar-refractivity contribution in [2.75, 3.05) is 31.6 Å². The van der Waals surface area contributed by atoms with Gasteiger partial charge in [-0.25, -0.2) is 8.42 Å². The monoisotopic (exact) mass is 475 g/mol. The molecule has 168 valence electrons. The highest BCUT2D eigenvalue weighted by molar-refractivity contribution is 8.00. The zero-order chi connectivity index (χ0) is 22.6. The third-order valence-corrected chi connectivity index (χ3v) is 7.56. The Morgan fingerprint density at radius 3 is 2.47 bits per heavy atom. The van der Waals surface area contributed by atoms with E-state index in [-0.39, 0.29) is 16.0 Å². The summed E-state index contributed by atoms with van der Waals surface area (Å²) in [5, 5.41) is 10.5. The molecule has 10 nitrogen and oxygen atoms in total. The van der Waals surface area contributed by atoms with E-state index in [9.17, 15) is 13.2 Å². The zero-order valence-corrected chi connectivity index (χ0v) is 18.8. The molecule has 32 heavy (non-hydrogen) atoms. The van der Waals surface area contributed by atoms with Gasteiger partial charge in [-0.05, 0) is 43.3 Å². The van der Waals surface area contributed by atoms with Crippen LogP contribution in [0, 0.1) is 0 Å². The maximum atomic E-state index is 12.7. The number of rotatable bonds is 7. The Kier molecular flexibility index (Phi) is 6.84. The third kappa shape index (κ3) is 5.15. The third-order valence-electron chi connectivity index (χ3n) is 4.71. The number of nitrogens with one attached hydrogen (secondary N) is 1. The Hall–Kier alpha value is -2.80. The largest absolute Gasteiger partial charge is 0.411 e. The number of nitrogens with zero attached hydrogens (tertiary/aromatic N) is 4. The molecule has 0 bridgehead atoms. The molecule has 0 spiro atoms. The molecule has 1 fully saturated rings. The maximum absolute atomic E-state index is 12.7. The first-order chi connectivity index (χ1) is 15.4. The number of hydrogen-bond acceptors (Lipinski definition) is 9. The fraction of sp³-hybridized carbons (Fsp3) is 0.300. The van der Waals surface area contributed by atoms with E-state index in [1.807, 2.05) is 0 Å². The first-order valence-corrected chi connectivity index (χ1v) is 12.1. The standard InChI is InChI=1S/C20H21N5O5S2/c1-14(31-20-24-23-19(30-20)15-6-8-21-9-7-15)18(26)22-16-2-4-17(5-3-16)32(27,28)25-10-12-29-13-11-25/h2-9,14H,10-13H2,1H3,(H,22,26). The minimum absolute atomic E-state index is 0.175. The molecular weight excluding hydrogens is 454 g/mol. The molecule has 0 aliphatic carbocycles. The summed E-state index contributed by atoms with van der Waals surface area (Å²) >= 11 is 1.13. The summed E-state index contributed by atoms with van der Waals surface area (Å²) in [6.07, 6.45) is 3.25. The lowest BCUT2D eigenvalue weighted by molar-refractivity contribution is -0.115. The Labute approximate surface area is 189 Å². The van der Waals surface area contributed by atoms with Crippen molar-refractivity contribution < 1.29 is 22.4 Å². The fourth-order valence-electron chi connectivity index (χ4n) is 2.96. The fourth-order valence-corrected chi connectivity index (χ4v) is 5.05. The van der Waals surface area contributed by atoms with Gasteiger partial charge in [-0.3, -0.25) is 9.78 Å². The first-order valence-electron chi connectivity index (χ1n) is 9.83. The van der Waals surface area contributed by atoms with Gasteiger partial charge in [0, 0.05) is 36.7 Å². The topological polar surface area (TPSA) is 128 Å². The number of carbonyl (C=O) groups excluding carboxylic acids is 1. The van der Waals surface area contributed by atoms with E-state index in [0.717, 1.165) is 17.3 Å². The second-order valence-electron chi connectivity index (χ2n) is 6.90. The van der Waals surface area contributed by atoms with Crippen molar-refractivity contribution in [3.8, 4) is 11.5 Å². The highest BCUT2D eigenvalue weighted by Gasteiger charge is 2.26. The average Bonchev–Trinajstić information content (AvgIpc) is 3.29. The van der Waals surface area contributed by atoms with E-state index in [1.54, 1.807) is 43.6 Å². The van der Waals surface area contributed by atoms with Gasteiger partial charge in [-0.1, -0.05) is 11.8 Å². The molecule has 1 atom stereocenters. The highest BCUT2D eigenvalue weighted by atomic mass is 32.2. The normalized spacial score (nSPS) is 15.9. The smallest absolute Gasteiger partial charge is 0.277 e. The lowest BCUT2D eigenvalue weighted by Crippen LogP contribution is -2.40. The predicted molar refractivity (Wildman–Crippen MR) is 117 cm³/mol. The van der Waals surface area contributed by atoms with Gasteiger partial charge in [0.15, 0.2) is 0 Å². The van der Waals surface area contributed by atoms with Crippen LogP contribution < -0.4 is 5.32 Å². The van der Waals surface area contributed by atoms with E-state index < -0.39 is 15.3 Å². The van der Waals surface area contributed by atoms with Gasteiger partial charge in [-0.2, -0.15) is 4.31 Å². The Morgan fingerprint density at radius 1 is 1.09 bits per heavy atom. The van der Waals surface area contributed by atoms with Crippen LogP contribution in [-0.4, -0.2) is 65.4 Å². The van der Waals surface area contributed by atoms with E-state index >= 15 is 0 Å². The minimum Gasteiger partial charge on any atom is -0.411 e. The van der Waals surface area contributed by atoms with E-state index in [2.05, 4.69) is 20.5 Å². The zero-order valence-electron chi connectivity index (χ0n) is 17.2.